The molecule has 0 aliphatic heterocycles. The first-order valence-electron chi connectivity index (χ1n) is 9.09. The van der Waals surface area contributed by atoms with E-state index in [1.165, 1.54) is 0 Å². The number of carbonyl (C=O) groups excluding carboxylic acids is 2. The fourth-order valence-electron chi connectivity index (χ4n) is 2.73. The summed E-state index contributed by atoms with van der Waals surface area (Å²) in [5.41, 5.74) is 2.04. The number of aryl methyl sites for hydroxylation is 1. The number of benzene rings is 1. The lowest BCUT2D eigenvalue weighted by molar-refractivity contribution is -0.118. The molecule has 1 aromatic heterocycles. The molecule has 0 bridgehead atoms. The van der Waals surface area contributed by atoms with Crippen LogP contribution in [0.1, 0.15) is 36.2 Å². The Morgan fingerprint density at radius 2 is 2.00 bits per heavy atom. The van der Waals surface area contributed by atoms with Crippen LogP contribution in [0.15, 0.2) is 36.7 Å². The number of hydrogen-bond donors (Lipinski definition) is 2. The number of anilines is 1. The van der Waals surface area contributed by atoms with E-state index < -0.39 is 6.04 Å². The smallest absolute Gasteiger partial charge is 0.252 e. The Labute approximate surface area is 160 Å². The number of ether oxygens (including phenoxy) is 1. The average molecular weight is 372 g/mol. The number of nitrogens with zero attached hydrogens (tertiary/aromatic N) is 2. The second kappa shape index (κ2) is 9.87. The molecule has 0 aliphatic carbocycles. The summed E-state index contributed by atoms with van der Waals surface area (Å²) >= 11 is 0. The number of nitrogens with one attached hydrogen (secondary N) is 2. The molecule has 1 unspecified atom stereocenters. The van der Waals surface area contributed by atoms with Gasteiger partial charge < -0.3 is 15.4 Å². The minimum atomic E-state index is -0.626. The zero-order chi connectivity index (χ0) is 19.8. The van der Waals surface area contributed by atoms with E-state index in [0.29, 0.717) is 30.8 Å². The molecule has 2 amide bonds. The molecule has 27 heavy (non-hydrogen) atoms. The quantitative estimate of drug-likeness (QED) is 0.709. The van der Waals surface area contributed by atoms with Crippen molar-refractivity contribution in [3.05, 3.63) is 47.8 Å². The van der Waals surface area contributed by atoms with E-state index in [0.717, 1.165) is 5.56 Å². The summed E-state index contributed by atoms with van der Waals surface area (Å²) < 4.78 is 6.71. The molecule has 0 fully saturated rings. The summed E-state index contributed by atoms with van der Waals surface area (Å²) in [7, 11) is 1.62. The van der Waals surface area contributed by atoms with Crippen molar-refractivity contribution < 1.29 is 14.3 Å². The Bertz CT molecular complexity index is 770. The molecule has 146 valence electrons. The fourth-order valence-corrected chi connectivity index (χ4v) is 2.73. The van der Waals surface area contributed by atoms with E-state index in [9.17, 15) is 9.59 Å². The largest absolute Gasteiger partial charge is 0.383 e. The number of methoxy groups -OCH3 is 1. The van der Waals surface area contributed by atoms with Crippen LogP contribution in [0.25, 0.3) is 0 Å². The number of hydrogen-bond acceptors (Lipinski definition) is 4. The molecule has 0 spiro atoms. The van der Waals surface area contributed by atoms with E-state index >= 15 is 0 Å². The molecule has 0 saturated carbocycles. The van der Waals surface area contributed by atoms with Gasteiger partial charge in [-0.2, -0.15) is 5.10 Å². The highest BCUT2D eigenvalue weighted by Gasteiger charge is 2.23. The van der Waals surface area contributed by atoms with Crippen LogP contribution in [-0.4, -0.2) is 41.4 Å². The Balaban J connectivity index is 2.06. The third kappa shape index (κ3) is 6.21. The molecule has 1 atom stereocenters. The van der Waals surface area contributed by atoms with Gasteiger partial charge in [0.15, 0.2) is 0 Å². The molecule has 2 aromatic rings. The number of amides is 2. The first kappa shape index (κ1) is 20.6. The van der Waals surface area contributed by atoms with Gasteiger partial charge in [0.25, 0.3) is 5.91 Å². The normalized spacial score (nSPS) is 12.0. The maximum atomic E-state index is 12.7. The SMILES string of the molecule is COCCn1cc(NC(=O)C(CC(C)C)NC(=O)c2ccccc2C)cn1. The zero-order valence-electron chi connectivity index (χ0n) is 16.4. The van der Waals surface area contributed by atoms with Crippen molar-refractivity contribution in [1.82, 2.24) is 15.1 Å². The Kier molecular flexibility index (Phi) is 7.55. The van der Waals surface area contributed by atoms with Crippen LogP contribution in [0.4, 0.5) is 5.69 Å². The van der Waals surface area contributed by atoms with Crippen molar-refractivity contribution in [3.8, 4) is 0 Å². The van der Waals surface area contributed by atoms with Gasteiger partial charge in [-0.05, 0) is 30.9 Å². The van der Waals surface area contributed by atoms with Gasteiger partial charge in [0.2, 0.25) is 5.91 Å². The van der Waals surface area contributed by atoms with Crippen LogP contribution < -0.4 is 10.6 Å². The van der Waals surface area contributed by atoms with Crippen LogP contribution in [0, 0.1) is 12.8 Å². The Morgan fingerprint density at radius 1 is 1.26 bits per heavy atom. The molecule has 0 aliphatic rings. The van der Waals surface area contributed by atoms with Crippen molar-refractivity contribution in [3.63, 3.8) is 0 Å². The number of aromatic nitrogens is 2. The second-order valence-electron chi connectivity index (χ2n) is 6.94. The highest BCUT2D eigenvalue weighted by Crippen LogP contribution is 2.12. The lowest BCUT2D eigenvalue weighted by Crippen LogP contribution is -2.44. The van der Waals surface area contributed by atoms with Crippen molar-refractivity contribution in [2.75, 3.05) is 19.0 Å². The number of rotatable bonds is 9. The maximum absolute atomic E-state index is 12.7. The van der Waals surface area contributed by atoms with Crippen LogP contribution in [0.2, 0.25) is 0 Å². The monoisotopic (exact) mass is 372 g/mol. The van der Waals surface area contributed by atoms with Gasteiger partial charge in [-0.15, -0.1) is 0 Å². The lowest BCUT2D eigenvalue weighted by Gasteiger charge is -2.20. The van der Waals surface area contributed by atoms with Gasteiger partial charge in [-0.25, -0.2) is 0 Å². The summed E-state index contributed by atoms with van der Waals surface area (Å²) in [5.74, 6) is -0.246. The van der Waals surface area contributed by atoms with Gasteiger partial charge in [0.05, 0.1) is 25.0 Å². The average Bonchev–Trinajstić information content (AvgIpc) is 3.06. The van der Waals surface area contributed by atoms with E-state index in [1.807, 2.05) is 39.0 Å². The second-order valence-corrected chi connectivity index (χ2v) is 6.94. The summed E-state index contributed by atoms with van der Waals surface area (Å²) in [6.07, 6.45) is 3.87. The summed E-state index contributed by atoms with van der Waals surface area (Å²) in [6.45, 7) is 7.05. The van der Waals surface area contributed by atoms with Gasteiger partial charge >= 0.3 is 0 Å². The predicted molar refractivity (Wildman–Crippen MR) is 105 cm³/mol. The van der Waals surface area contributed by atoms with E-state index in [-0.39, 0.29) is 17.7 Å². The third-order valence-corrected chi connectivity index (χ3v) is 4.14. The molecule has 7 nitrogen and oxygen atoms in total. The van der Waals surface area contributed by atoms with Crippen molar-refractivity contribution >= 4 is 17.5 Å². The first-order chi connectivity index (χ1) is 12.9. The standard InChI is InChI=1S/C20H28N4O3/c1-14(2)11-18(23-19(25)17-8-6-5-7-15(17)3)20(26)22-16-12-21-24(13-16)9-10-27-4/h5-8,12-14,18H,9-11H2,1-4H3,(H,22,26)(H,23,25). The molecule has 0 saturated heterocycles. The van der Waals surface area contributed by atoms with Gasteiger partial charge in [0, 0.05) is 18.9 Å². The minimum Gasteiger partial charge on any atom is -0.383 e. The zero-order valence-corrected chi connectivity index (χ0v) is 16.4. The van der Waals surface area contributed by atoms with Gasteiger partial charge in [-0.1, -0.05) is 32.0 Å². The molecule has 1 aromatic carbocycles. The van der Waals surface area contributed by atoms with Crippen molar-refractivity contribution in [1.29, 1.82) is 0 Å². The molecule has 7 heteroatoms. The van der Waals surface area contributed by atoms with Crippen molar-refractivity contribution in [2.24, 2.45) is 5.92 Å². The first-order valence-corrected chi connectivity index (χ1v) is 9.09. The van der Waals surface area contributed by atoms with E-state index in [1.54, 1.807) is 30.3 Å². The van der Waals surface area contributed by atoms with Crippen molar-refractivity contribution in [2.45, 2.75) is 39.8 Å². The van der Waals surface area contributed by atoms with E-state index in [2.05, 4.69) is 15.7 Å². The molecule has 2 rings (SSSR count). The Hall–Kier alpha value is -2.67. The summed E-state index contributed by atoms with van der Waals surface area (Å²) in [4.78, 5) is 25.4. The highest BCUT2D eigenvalue weighted by molar-refractivity contribution is 6.01. The molecule has 0 radical (unpaired) electrons. The molecule has 2 N–H and O–H groups in total. The molecular formula is C20H28N4O3. The Morgan fingerprint density at radius 3 is 2.67 bits per heavy atom. The van der Waals surface area contributed by atoms with Gasteiger partial charge in [0.1, 0.15) is 6.04 Å². The number of carbonyl (C=O) groups is 2. The van der Waals surface area contributed by atoms with Crippen LogP contribution in [0.5, 0.6) is 0 Å². The maximum Gasteiger partial charge on any atom is 0.252 e. The van der Waals surface area contributed by atoms with Gasteiger partial charge in [-0.3, -0.25) is 14.3 Å². The fraction of sp³-hybridized carbons (Fsp3) is 0.450. The summed E-state index contributed by atoms with van der Waals surface area (Å²) in [5, 5.41) is 9.89. The molecular weight excluding hydrogens is 344 g/mol. The van der Waals surface area contributed by atoms with E-state index in [4.69, 9.17) is 4.74 Å². The summed E-state index contributed by atoms with van der Waals surface area (Å²) in [6, 6.07) is 6.70. The molecule has 1 heterocycles. The predicted octanol–water partition coefficient (Wildman–Crippen LogP) is 2.62. The van der Waals surface area contributed by atoms with Crippen LogP contribution >= 0.6 is 0 Å². The van der Waals surface area contributed by atoms with Crippen LogP contribution in [0.3, 0.4) is 0 Å². The highest BCUT2D eigenvalue weighted by atomic mass is 16.5. The topological polar surface area (TPSA) is 85.2 Å². The van der Waals surface area contributed by atoms with Crippen LogP contribution in [-0.2, 0) is 16.1 Å². The minimum absolute atomic E-state index is 0.246. The third-order valence-electron chi connectivity index (χ3n) is 4.14. The lowest BCUT2D eigenvalue weighted by atomic mass is 10.0.